The summed E-state index contributed by atoms with van der Waals surface area (Å²) in [6.45, 7) is 2.45. The molecule has 0 radical (unpaired) electrons. The van der Waals surface area contributed by atoms with Crippen LogP contribution in [0.5, 0.6) is 5.06 Å². The molecule has 0 saturated heterocycles. The van der Waals surface area contributed by atoms with Crippen LogP contribution in [0.2, 0.25) is 5.02 Å². The molecule has 1 aromatic carbocycles. The minimum absolute atomic E-state index is 0.278. The van der Waals surface area contributed by atoms with E-state index >= 15 is 0 Å². The van der Waals surface area contributed by atoms with Gasteiger partial charge in [-0.1, -0.05) is 22.9 Å². The lowest BCUT2D eigenvalue weighted by molar-refractivity contribution is 0.351. The van der Waals surface area contributed by atoms with Crippen molar-refractivity contribution in [3.8, 4) is 5.06 Å². The second-order valence-corrected chi connectivity index (χ2v) is 4.17. The molecule has 0 amide bonds. The molecule has 0 saturated carbocycles. The third-order valence-electron chi connectivity index (χ3n) is 1.84. The molecule has 0 unspecified atom stereocenters. The fourth-order valence-electron chi connectivity index (χ4n) is 1.24. The van der Waals surface area contributed by atoms with Gasteiger partial charge in [0.2, 0.25) is 0 Å². The largest absolute Gasteiger partial charge is 0.483 e. The minimum Gasteiger partial charge on any atom is -0.483 e. The third kappa shape index (κ3) is 1.57. The van der Waals surface area contributed by atoms with Crippen molar-refractivity contribution in [2.24, 2.45) is 0 Å². The van der Waals surface area contributed by atoms with Gasteiger partial charge in [0.05, 0.1) is 6.61 Å². The molecular weight excluding hydrogens is 223 g/mol. The first-order chi connectivity index (χ1) is 6.72. The van der Waals surface area contributed by atoms with E-state index < -0.39 is 0 Å². The van der Waals surface area contributed by atoms with Gasteiger partial charge >= 0.3 is 0 Å². The van der Waals surface area contributed by atoms with Crippen molar-refractivity contribution in [2.45, 2.75) is 6.92 Å². The van der Waals surface area contributed by atoms with E-state index in [-0.39, 0.29) is 5.82 Å². The van der Waals surface area contributed by atoms with Gasteiger partial charge in [0.1, 0.15) is 10.8 Å². The molecule has 0 N–H and O–H groups in total. The normalized spacial score (nSPS) is 10.8. The summed E-state index contributed by atoms with van der Waals surface area (Å²) in [5.74, 6) is -0.278. The van der Waals surface area contributed by atoms with Crippen molar-refractivity contribution in [3.63, 3.8) is 0 Å². The number of hydrogen-bond donors (Lipinski definition) is 0. The molecule has 0 bridgehead atoms. The van der Waals surface area contributed by atoms with Crippen LogP contribution in [0.1, 0.15) is 6.92 Å². The first-order valence-electron chi connectivity index (χ1n) is 4.22. The second kappa shape index (κ2) is 3.75. The van der Waals surface area contributed by atoms with Crippen LogP contribution in [0.4, 0.5) is 4.39 Å². The lowest BCUT2D eigenvalue weighted by Gasteiger charge is -1.97. The van der Waals surface area contributed by atoms with Crippen molar-refractivity contribution in [3.05, 3.63) is 29.0 Å². The molecular formula is C10H8ClFOS. The van der Waals surface area contributed by atoms with E-state index in [9.17, 15) is 4.39 Å². The zero-order valence-corrected chi connectivity index (χ0v) is 9.08. The Balaban J connectivity index is 2.62. The quantitative estimate of drug-likeness (QED) is 0.755. The van der Waals surface area contributed by atoms with E-state index in [1.807, 2.05) is 6.92 Å². The molecule has 0 spiro atoms. The highest BCUT2D eigenvalue weighted by molar-refractivity contribution is 7.21. The maximum atomic E-state index is 12.9. The highest BCUT2D eigenvalue weighted by Crippen LogP contribution is 2.41. The standard InChI is InChI=1S/C10H8ClFOS/c1-2-13-10-9(11)7-5-6(12)3-4-8(7)14-10/h3-5H,2H2,1H3. The van der Waals surface area contributed by atoms with Crippen molar-refractivity contribution in [1.82, 2.24) is 0 Å². The lowest BCUT2D eigenvalue weighted by Crippen LogP contribution is -1.87. The van der Waals surface area contributed by atoms with E-state index in [2.05, 4.69) is 0 Å². The van der Waals surface area contributed by atoms with Crippen molar-refractivity contribution in [1.29, 1.82) is 0 Å². The molecule has 0 aliphatic rings. The van der Waals surface area contributed by atoms with E-state index in [1.165, 1.54) is 23.5 Å². The summed E-state index contributed by atoms with van der Waals surface area (Å²) >= 11 is 7.46. The smallest absolute Gasteiger partial charge is 0.193 e. The van der Waals surface area contributed by atoms with Crippen LogP contribution in [0.15, 0.2) is 18.2 Å². The Bertz CT molecular complexity index is 466. The predicted molar refractivity (Wildman–Crippen MR) is 58.0 cm³/mol. The lowest BCUT2D eigenvalue weighted by atomic mass is 10.2. The van der Waals surface area contributed by atoms with Crippen LogP contribution in [-0.2, 0) is 0 Å². The summed E-state index contributed by atoms with van der Waals surface area (Å²) in [5.41, 5.74) is 0. The van der Waals surface area contributed by atoms with Crippen LogP contribution in [0, 0.1) is 5.82 Å². The fraction of sp³-hybridized carbons (Fsp3) is 0.200. The SMILES string of the molecule is CCOc1sc2ccc(F)cc2c1Cl. The van der Waals surface area contributed by atoms with Crippen LogP contribution < -0.4 is 4.74 Å². The number of hydrogen-bond acceptors (Lipinski definition) is 2. The van der Waals surface area contributed by atoms with Crippen molar-refractivity contribution in [2.75, 3.05) is 6.61 Å². The average molecular weight is 231 g/mol. The van der Waals surface area contributed by atoms with Crippen LogP contribution in [0.3, 0.4) is 0 Å². The molecule has 1 heterocycles. The van der Waals surface area contributed by atoms with Gasteiger partial charge in [-0.05, 0) is 25.1 Å². The Kier molecular flexibility index (Phi) is 2.61. The van der Waals surface area contributed by atoms with Crippen molar-refractivity contribution >= 4 is 33.0 Å². The second-order valence-electron chi connectivity index (χ2n) is 2.78. The molecule has 74 valence electrons. The molecule has 1 nitrogen and oxygen atoms in total. The van der Waals surface area contributed by atoms with Crippen molar-refractivity contribution < 1.29 is 9.13 Å². The highest BCUT2D eigenvalue weighted by atomic mass is 35.5. The van der Waals surface area contributed by atoms with Gasteiger partial charge in [0.25, 0.3) is 0 Å². The van der Waals surface area contributed by atoms with Gasteiger partial charge in [-0.2, -0.15) is 0 Å². The molecule has 0 aliphatic carbocycles. The molecule has 0 aliphatic heterocycles. The van der Waals surface area contributed by atoms with Gasteiger partial charge in [-0.25, -0.2) is 4.39 Å². The molecule has 14 heavy (non-hydrogen) atoms. The number of rotatable bonds is 2. The summed E-state index contributed by atoms with van der Waals surface area (Å²) in [7, 11) is 0. The van der Waals surface area contributed by atoms with Gasteiger partial charge in [0.15, 0.2) is 5.06 Å². The summed E-state index contributed by atoms with van der Waals surface area (Å²) in [6.07, 6.45) is 0. The van der Waals surface area contributed by atoms with E-state index in [4.69, 9.17) is 16.3 Å². The Hall–Kier alpha value is -0.800. The molecule has 2 rings (SSSR count). The minimum atomic E-state index is -0.278. The highest BCUT2D eigenvalue weighted by Gasteiger charge is 2.11. The summed E-state index contributed by atoms with van der Waals surface area (Å²) in [6, 6.07) is 4.56. The molecule has 0 fully saturated rings. The Morgan fingerprint density at radius 1 is 1.50 bits per heavy atom. The first kappa shape index (κ1) is 9.74. The van der Waals surface area contributed by atoms with Gasteiger partial charge in [-0.3, -0.25) is 0 Å². The van der Waals surface area contributed by atoms with Crippen LogP contribution in [0.25, 0.3) is 10.1 Å². The summed E-state index contributed by atoms with van der Waals surface area (Å²) in [5, 5.41) is 1.89. The predicted octanol–water partition coefficient (Wildman–Crippen LogP) is 4.09. The number of thiophene rings is 1. The third-order valence-corrected chi connectivity index (χ3v) is 3.41. The maximum Gasteiger partial charge on any atom is 0.193 e. The van der Waals surface area contributed by atoms with E-state index in [0.717, 1.165) is 10.1 Å². The van der Waals surface area contributed by atoms with Gasteiger partial charge < -0.3 is 4.74 Å². The van der Waals surface area contributed by atoms with Crippen LogP contribution >= 0.6 is 22.9 Å². The molecule has 4 heteroatoms. The Labute approximate surface area is 90.1 Å². The zero-order chi connectivity index (χ0) is 10.1. The summed E-state index contributed by atoms with van der Waals surface area (Å²) in [4.78, 5) is 0. The number of ether oxygens (including phenoxy) is 1. The van der Waals surface area contributed by atoms with Crippen LogP contribution in [-0.4, -0.2) is 6.61 Å². The molecule has 2 aromatic rings. The monoisotopic (exact) mass is 230 g/mol. The number of fused-ring (bicyclic) bond motifs is 1. The fourth-order valence-corrected chi connectivity index (χ4v) is 2.61. The van der Waals surface area contributed by atoms with E-state index in [0.29, 0.717) is 16.7 Å². The number of benzene rings is 1. The summed E-state index contributed by atoms with van der Waals surface area (Å²) < 4.78 is 19.2. The average Bonchev–Trinajstić information content (AvgIpc) is 2.46. The maximum absolute atomic E-state index is 12.9. The Morgan fingerprint density at radius 2 is 2.29 bits per heavy atom. The Morgan fingerprint density at radius 3 is 3.00 bits per heavy atom. The molecule has 0 atom stereocenters. The topological polar surface area (TPSA) is 9.23 Å². The van der Waals surface area contributed by atoms with Gasteiger partial charge in [0, 0.05) is 10.1 Å². The van der Waals surface area contributed by atoms with Gasteiger partial charge in [-0.15, -0.1) is 0 Å². The zero-order valence-electron chi connectivity index (χ0n) is 7.51. The number of halogens is 2. The molecule has 1 aromatic heterocycles. The first-order valence-corrected chi connectivity index (χ1v) is 5.42. The van der Waals surface area contributed by atoms with E-state index in [1.54, 1.807) is 6.07 Å².